The monoisotopic (exact) mass is 440 g/mol. The lowest BCUT2D eigenvalue weighted by molar-refractivity contribution is -0.163. The molecule has 1 heterocycles. The van der Waals surface area contributed by atoms with Crippen LogP contribution in [0.25, 0.3) is 0 Å². The smallest absolute Gasteiger partial charge is 0.328 e. The van der Waals surface area contributed by atoms with E-state index in [4.69, 9.17) is 0 Å². The number of carbonyl (C=O) groups excluding carboxylic acids is 2. The van der Waals surface area contributed by atoms with E-state index >= 15 is 0 Å². The fourth-order valence-electron chi connectivity index (χ4n) is 7.91. The lowest BCUT2D eigenvalue weighted by atomic mass is 9.46. The Hall–Kier alpha value is -2.28. The molecule has 0 radical (unpaired) electrons. The Labute approximate surface area is 186 Å². The maximum absolute atomic E-state index is 13.4. The Kier molecular flexibility index (Phi) is 4.79. The first-order chi connectivity index (χ1) is 15.1. The summed E-state index contributed by atoms with van der Waals surface area (Å²) >= 11 is 0. The van der Waals surface area contributed by atoms with Gasteiger partial charge in [-0.2, -0.15) is 0 Å². The largest absolute Gasteiger partial charge is 0.381 e. The normalized spacial score (nSPS) is 40.8. The molecule has 5 rings (SSSR count). The fraction of sp³-hybridized carbons (Fsp3) is 0.680. The molecule has 0 saturated heterocycles. The molecule has 0 aromatic carbocycles. The first kappa shape index (κ1) is 21.6. The average Bonchev–Trinajstić information content (AvgIpc) is 3.03. The van der Waals surface area contributed by atoms with Gasteiger partial charge < -0.3 is 10.1 Å². The molecule has 7 nitrogen and oxygen atoms in total. The van der Waals surface area contributed by atoms with Crippen LogP contribution in [-0.2, 0) is 16.1 Å². The molecule has 3 saturated carbocycles. The van der Waals surface area contributed by atoms with Gasteiger partial charge in [0.1, 0.15) is 5.60 Å². The summed E-state index contributed by atoms with van der Waals surface area (Å²) in [4.78, 5) is 52.0. The van der Waals surface area contributed by atoms with Crippen LogP contribution in [-0.4, -0.2) is 31.8 Å². The highest BCUT2D eigenvalue weighted by Gasteiger charge is 2.66. The van der Waals surface area contributed by atoms with E-state index < -0.39 is 34.6 Å². The van der Waals surface area contributed by atoms with E-state index in [0.29, 0.717) is 24.7 Å². The van der Waals surface area contributed by atoms with Gasteiger partial charge in [0.25, 0.3) is 5.56 Å². The number of H-pyrrole nitrogens is 1. The average molecular weight is 441 g/mol. The lowest BCUT2D eigenvalue weighted by Gasteiger charge is -2.58. The fourth-order valence-corrected chi connectivity index (χ4v) is 7.91. The molecule has 2 N–H and O–H groups in total. The van der Waals surface area contributed by atoms with Gasteiger partial charge in [-0.3, -0.25) is 19.0 Å². The molecule has 0 amide bonds. The summed E-state index contributed by atoms with van der Waals surface area (Å²) < 4.78 is 0.875. The van der Waals surface area contributed by atoms with E-state index in [2.05, 4.69) is 11.9 Å². The second-order valence-electron chi connectivity index (χ2n) is 11.0. The predicted octanol–water partition coefficient (Wildman–Crippen LogP) is 2.37. The summed E-state index contributed by atoms with van der Waals surface area (Å²) in [7, 11) is 0. The van der Waals surface area contributed by atoms with Gasteiger partial charge in [0.2, 0.25) is 0 Å². The van der Waals surface area contributed by atoms with Crippen LogP contribution in [0.2, 0.25) is 0 Å². The summed E-state index contributed by atoms with van der Waals surface area (Å²) in [6.07, 6.45) is 9.34. The van der Waals surface area contributed by atoms with Gasteiger partial charge in [0.15, 0.2) is 11.6 Å². The number of aliphatic hydroxyl groups is 1. The first-order valence-corrected chi connectivity index (χ1v) is 11.9. The van der Waals surface area contributed by atoms with Crippen molar-refractivity contribution in [3.05, 3.63) is 44.8 Å². The van der Waals surface area contributed by atoms with E-state index in [1.54, 1.807) is 0 Å². The molecule has 0 aliphatic heterocycles. The van der Waals surface area contributed by atoms with Gasteiger partial charge in [0, 0.05) is 24.1 Å². The molecule has 4 aliphatic rings. The summed E-state index contributed by atoms with van der Waals surface area (Å²) in [6.45, 7) is 3.94. The molecule has 6 atom stereocenters. The molecule has 3 fully saturated rings. The van der Waals surface area contributed by atoms with E-state index in [9.17, 15) is 24.3 Å². The predicted molar refractivity (Wildman–Crippen MR) is 118 cm³/mol. The van der Waals surface area contributed by atoms with Gasteiger partial charge in [-0.15, -0.1) is 0 Å². The van der Waals surface area contributed by atoms with Crippen LogP contribution < -0.4 is 11.2 Å². The number of aromatic amines is 1. The molecule has 0 bridgehead atoms. The molecule has 0 unspecified atom stereocenters. The van der Waals surface area contributed by atoms with Gasteiger partial charge >= 0.3 is 5.69 Å². The zero-order chi connectivity index (χ0) is 22.9. The van der Waals surface area contributed by atoms with Crippen LogP contribution in [0.4, 0.5) is 0 Å². The highest BCUT2D eigenvalue weighted by Crippen LogP contribution is 2.67. The first-order valence-electron chi connectivity index (χ1n) is 11.9. The van der Waals surface area contributed by atoms with Crippen molar-refractivity contribution in [2.24, 2.45) is 28.6 Å². The van der Waals surface area contributed by atoms with Crippen molar-refractivity contribution in [3.8, 4) is 0 Å². The van der Waals surface area contributed by atoms with Crippen molar-refractivity contribution in [2.45, 2.75) is 77.4 Å². The zero-order valence-corrected chi connectivity index (χ0v) is 18.9. The van der Waals surface area contributed by atoms with E-state index in [-0.39, 0.29) is 17.1 Å². The third-order valence-electron chi connectivity index (χ3n) is 9.82. The maximum Gasteiger partial charge on any atom is 0.328 e. The highest BCUT2D eigenvalue weighted by atomic mass is 16.3. The minimum atomic E-state index is -1.54. The van der Waals surface area contributed by atoms with Crippen molar-refractivity contribution in [2.75, 3.05) is 0 Å². The summed E-state index contributed by atoms with van der Waals surface area (Å²) in [5.41, 5.74) is -1.95. The zero-order valence-electron chi connectivity index (χ0n) is 18.9. The number of allylic oxidation sites excluding steroid dienone is 1. The Morgan fingerprint density at radius 3 is 2.59 bits per heavy atom. The van der Waals surface area contributed by atoms with E-state index in [1.807, 2.05) is 13.0 Å². The molecule has 1 aromatic rings. The standard InChI is InChI=1S/C25H32N2O5/c1-23-9-5-16(28)13-15(23)3-4-17-18(23)6-10-24(2)19(17)7-11-25(24,32)20(29)14-27-21(30)8-12-26-22(27)31/h8,12-13,17-19,32H,3-7,9-11,14H2,1-2H3,(H,26,31)/t17-,18+,19+,23+,24+,25-/m1/s1. The molecule has 172 valence electrons. The number of ketones is 2. The van der Waals surface area contributed by atoms with E-state index in [0.717, 1.165) is 43.1 Å². The minimum Gasteiger partial charge on any atom is -0.381 e. The number of aromatic nitrogens is 2. The molecule has 1 aromatic heterocycles. The van der Waals surface area contributed by atoms with Gasteiger partial charge in [0.05, 0.1) is 6.54 Å². The Bertz CT molecular complexity index is 1100. The SMILES string of the molecule is C[C@]12CCC(=O)C=C1CC[C@@H]1[C@@H]2CC[C@@]2(C)[C@H]1CC[C@@]2(O)C(=O)Cn1c(=O)cc[nH]c1=O. The van der Waals surface area contributed by atoms with Crippen LogP contribution in [0.1, 0.15) is 65.2 Å². The minimum absolute atomic E-state index is 0.0352. The number of hydrogen-bond acceptors (Lipinski definition) is 5. The topological polar surface area (TPSA) is 109 Å². The number of carbonyl (C=O) groups is 2. The number of fused-ring (bicyclic) bond motifs is 5. The quantitative estimate of drug-likeness (QED) is 0.750. The Morgan fingerprint density at radius 2 is 1.84 bits per heavy atom. The van der Waals surface area contributed by atoms with Crippen LogP contribution in [0.3, 0.4) is 0 Å². The van der Waals surface area contributed by atoms with Gasteiger partial charge in [-0.05, 0) is 74.2 Å². The number of rotatable bonds is 3. The molecule has 7 heteroatoms. The van der Waals surface area contributed by atoms with Gasteiger partial charge in [-0.1, -0.05) is 19.4 Å². The summed E-state index contributed by atoms with van der Waals surface area (Å²) in [5, 5.41) is 11.7. The molecular formula is C25H32N2O5. The molecular weight excluding hydrogens is 408 g/mol. The summed E-state index contributed by atoms with van der Waals surface area (Å²) in [6, 6.07) is 1.21. The van der Waals surface area contributed by atoms with Crippen LogP contribution >= 0.6 is 0 Å². The number of nitrogens with one attached hydrogen (secondary N) is 1. The van der Waals surface area contributed by atoms with Crippen molar-refractivity contribution in [1.29, 1.82) is 0 Å². The lowest BCUT2D eigenvalue weighted by Crippen LogP contribution is -2.58. The third kappa shape index (κ3) is 2.82. The van der Waals surface area contributed by atoms with Crippen LogP contribution in [0.5, 0.6) is 0 Å². The van der Waals surface area contributed by atoms with E-state index in [1.165, 1.54) is 17.8 Å². The number of hydrogen-bond donors (Lipinski definition) is 2. The highest BCUT2D eigenvalue weighted by molar-refractivity contribution is 5.91. The van der Waals surface area contributed by atoms with Crippen molar-refractivity contribution >= 4 is 11.6 Å². The van der Waals surface area contributed by atoms with Gasteiger partial charge in [-0.25, -0.2) is 4.79 Å². The second kappa shape index (κ2) is 7.11. The van der Waals surface area contributed by atoms with Crippen LogP contribution in [0, 0.1) is 28.6 Å². The number of nitrogens with zero attached hydrogens (tertiary/aromatic N) is 1. The van der Waals surface area contributed by atoms with Crippen molar-refractivity contribution in [1.82, 2.24) is 9.55 Å². The summed E-state index contributed by atoms with van der Waals surface area (Å²) in [5.74, 6) is 0.894. The third-order valence-corrected chi connectivity index (χ3v) is 9.82. The number of Topliss-reactive ketones (excluding diaryl/α,β-unsaturated/α-hetero) is 1. The van der Waals surface area contributed by atoms with Crippen molar-refractivity contribution < 1.29 is 14.7 Å². The second-order valence-corrected chi connectivity index (χ2v) is 11.0. The Morgan fingerprint density at radius 1 is 1.09 bits per heavy atom. The van der Waals surface area contributed by atoms with Crippen molar-refractivity contribution in [3.63, 3.8) is 0 Å². The molecule has 0 spiro atoms. The maximum atomic E-state index is 13.4. The van der Waals surface area contributed by atoms with Crippen LogP contribution in [0.15, 0.2) is 33.5 Å². The molecule has 32 heavy (non-hydrogen) atoms. The Balaban J connectivity index is 1.44. The molecule has 4 aliphatic carbocycles.